The van der Waals surface area contributed by atoms with Crippen molar-refractivity contribution in [2.24, 2.45) is 0 Å². The van der Waals surface area contributed by atoms with Crippen molar-refractivity contribution in [3.05, 3.63) is 254 Å². The Morgan fingerprint density at radius 2 is 0.531 bits per heavy atom. The molecule has 0 amide bonds. The van der Waals surface area contributed by atoms with E-state index in [1.807, 2.05) is 0 Å². The van der Waals surface area contributed by atoms with Crippen molar-refractivity contribution in [3.8, 4) is 22.3 Å². The summed E-state index contributed by atoms with van der Waals surface area (Å²) in [5, 5.41) is 10.4. The Hall–Kier alpha value is -9.84. The Labute approximate surface area is 470 Å². The molecule has 0 spiro atoms. The van der Waals surface area contributed by atoms with Crippen molar-refractivity contribution in [3.63, 3.8) is 0 Å². The van der Waals surface area contributed by atoms with Gasteiger partial charge in [0, 0.05) is 76.1 Å². The van der Waals surface area contributed by atoms with Gasteiger partial charge < -0.3 is 23.1 Å². The molecule has 3 heterocycles. The molecular weight excluding hydrogens is 989 g/mol. The molecule has 0 unspecified atom stereocenters. The lowest BCUT2D eigenvalue weighted by atomic mass is 9.86. The maximum absolute atomic E-state index is 7.39. The number of hydrogen-bond donors (Lipinski definition) is 0. The number of para-hydroxylation sites is 6. The molecule has 12 aromatic carbocycles. The fraction of sp³-hybridized carbons (Fsp3) is 0.105. The highest BCUT2D eigenvalue weighted by Crippen LogP contribution is 2.54. The van der Waals surface area contributed by atoms with E-state index < -0.39 is 0 Å². The molecule has 5 nitrogen and oxygen atoms in total. The van der Waals surface area contributed by atoms with Gasteiger partial charge in [-0.2, -0.15) is 0 Å². The second-order valence-corrected chi connectivity index (χ2v) is 23.6. The van der Waals surface area contributed by atoms with Crippen LogP contribution in [0.15, 0.2) is 256 Å². The van der Waals surface area contributed by atoms with Gasteiger partial charge in [0.1, 0.15) is 22.3 Å². The number of fused-ring (bicyclic) bond motifs is 13. The lowest BCUT2D eigenvalue weighted by Gasteiger charge is -2.29. The molecule has 0 N–H and O–H groups in total. The molecular formula is C76H58N2O3. The van der Waals surface area contributed by atoms with E-state index >= 15 is 0 Å². The minimum absolute atomic E-state index is 0.146. The van der Waals surface area contributed by atoms with Gasteiger partial charge in [-0.3, -0.25) is 0 Å². The van der Waals surface area contributed by atoms with Crippen molar-refractivity contribution in [2.45, 2.75) is 52.4 Å². The van der Waals surface area contributed by atoms with E-state index in [-0.39, 0.29) is 10.8 Å². The third kappa shape index (κ3) is 7.67. The molecule has 0 saturated carbocycles. The third-order valence-corrected chi connectivity index (χ3v) is 16.5. The molecule has 0 fully saturated rings. The first-order valence-corrected chi connectivity index (χ1v) is 28.1. The van der Waals surface area contributed by atoms with Crippen LogP contribution in [0.25, 0.3) is 110 Å². The van der Waals surface area contributed by atoms with Crippen LogP contribution in [0.5, 0.6) is 0 Å². The van der Waals surface area contributed by atoms with Gasteiger partial charge in [-0.05, 0) is 58.4 Å². The van der Waals surface area contributed by atoms with E-state index in [4.69, 9.17) is 13.3 Å². The van der Waals surface area contributed by atoms with Crippen LogP contribution in [-0.2, 0) is 10.8 Å². The van der Waals surface area contributed by atoms with Crippen LogP contribution < -0.4 is 9.80 Å². The molecule has 0 saturated heterocycles. The Balaban J connectivity index is 1.06. The van der Waals surface area contributed by atoms with E-state index in [1.165, 1.54) is 11.1 Å². The summed E-state index contributed by atoms with van der Waals surface area (Å²) in [5.74, 6) is 0. The summed E-state index contributed by atoms with van der Waals surface area (Å²) in [6.45, 7) is 13.5. The molecule has 15 rings (SSSR count). The van der Waals surface area contributed by atoms with Crippen molar-refractivity contribution in [1.82, 2.24) is 0 Å². The first-order chi connectivity index (χ1) is 39.5. The van der Waals surface area contributed by atoms with Crippen LogP contribution in [0.3, 0.4) is 0 Å². The number of furan rings is 3. The second-order valence-electron chi connectivity index (χ2n) is 23.6. The SMILES string of the molecule is CC(C)(C)c1cccc2c1oc1c(N(c3ccccc3-c3ccccc3)c3cc4c5cc(N(c6ccccc6-c6ccccc6)c6cccc7c6oc6c(C(C)(C)C)cccc67)c6ccccc6c5oc4c4ccccc34)cccc12. The first-order valence-electron chi connectivity index (χ1n) is 28.1. The van der Waals surface area contributed by atoms with Crippen molar-refractivity contribution >= 4 is 121 Å². The zero-order valence-electron chi connectivity index (χ0n) is 46.2. The third-order valence-electron chi connectivity index (χ3n) is 16.5. The van der Waals surface area contributed by atoms with E-state index in [0.717, 1.165) is 144 Å². The second kappa shape index (κ2) is 18.4. The Morgan fingerprint density at radius 3 is 0.938 bits per heavy atom. The molecule has 0 aliphatic rings. The average Bonchev–Trinajstić information content (AvgIpc) is 4.33. The summed E-state index contributed by atoms with van der Waals surface area (Å²) < 4.78 is 22.0. The molecule has 3 aromatic heterocycles. The van der Waals surface area contributed by atoms with Crippen LogP contribution in [0.4, 0.5) is 34.1 Å². The number of anilines is 6. The van der Waals surface area contributed by atoms with E-state index in [9.17, 15) is 0 Å². The van der Waals surface area contributed by atoms with E-state index in [2.05, 4.69) is 294 Å². The van der Waals surface area contributed by atoms with E-state index in [1.54, 1.807) is 0 Å². The van der Waals surface area contributed by atoms with Crippen LogP contribution in [0.1, 0.15) is 52.7 Å². The highest BCUT2D eigenvalue weighted by Gasteiger charge is 2.31. The summed E-state index contributed by atoms with van der Waals surface area (Å²) in [5.41, 5.74) is 17.5. The van der Waals surface area contributed by atoms with Crippen molar-refractivity contribution < 1.29 is 13.3 Å². The zero-order chi connectivity index (χ0) is 54.7. The molecule has 390 valence electrons. The predicted molar refractivity (Wildman–Crippen MR) is 341 cm³/mol. The molecule has 5 heteroatoms. The number of nitrogens with zero attached hydrogens (tertiary/aromatic N) is 2. The molecule has 81 heavy (non-hydrogen) atoms. The smallest absolute Gasteiger partial charge is 0.159 e. The van der Waals surface area contributed by atoms with Crippen LogP contribution in [-0.4, -0.2) is 0 Å². The standard InChI is InChI=1S/C76H58N2O3/c1-75(2,3)61-39-21-35-55-57-37-23-43-65(73(57)80-71(55)61)77(63-41-19-17-29-49(63)47-25-9-7-10-26-47)67-45-59-60-46-68(52-32-14-16-34-54(52)70(60)79-69(59)53-33-15-13-31-51(53)67)78(64-42-20-18-30-50(64)48-27-11-8-12-28-48)66-44-24-38-58-56-36-22-40-62(76(4,5)6)72(56)81-74(58)66/h7-46H,1-6H3. The Kier molecular flexibility index (Phi) is 11.0. The van der Waals surface area contributed by atoms with Crippen molar-refractivity contribution in [2.75, 3.05) is 9.80 Å². The summed E-state index contributed by atoms with van der Waals surface area (Å²) in [6, 6.07) is 87.4. The van der Waals surface area contributed by atoms with Gasteiger partial charge in [0.2, 0.25) is 0 Å². The molecule has 15 aromatic rings. The molecule has 0 aliphatic heterocycles. The fourth-order valence-electron chi connectivity index (χ4n) is 12.7. The first kappa shape index (κ1) is 48.3. The number of rotatable bonds is 8. The molecule has 0 bridgehead atoms. The molecule has 0 atom stereocenters. The van der Waals surface area contributed by atoms with Gasteiger partial charge in [0.25, 0.3) is 0 Å². The minimum atomic E-state index is -0.146. The molecule has 0 radical (unpaired) electrons. The lowest BCUT2D eigenvalue weighted by Crippen LogP contribution is -2.12. The van der Waals surface area contributed by atoms with Gasteiger partial charge in [-0.25, -0.2) is 0 Å². The van der Waals surface area contributed by atoms with Gasteiger partial charge in [0.15, 0.2) is 11.2 Å². The number of benzene rings is 12. The van der Waals surface area contributed by atoms with Gasteiger partial charge in [-0.15, -0.1) is 0 Å². The summed E-state index contributed by atoms with van der Waals surface area (Å²) in [4.78, 5) is 4.87. The normalized spacial score (nSPS) is 12.3. The highest BCUT2D eigenvalue weighted by atomic mass is 16.3. The highest BCUT2D eigenvalue weighted by molar-refractivity contribution is 6.26. The Morgan fingerprint density at radius 1 is 0.235 bits per heavy atom. The van der Waals surface area contributed by atoms with Crippen molar-refractivity contribution in [1.29, 1.82) is 0 Å². The van der Waals surface area contributed by atoms with Crippen LogP contribution in [0, 0.1) is 0 Å². The van der Waals surface area contributed by atoms with E-state index in [0.29, 0.717) is 0 Å². The van der Waals surface area contributed by atoms with Gasteiger partial charge >= 0.3 is 0 Å². The topological polar surface area (TPSA) is 45.9 Å². The quantitative estimate of drug-likeness (QED) is 0.152. The Bertz CT molecular complexity index is 4660. The summed E-state index contributed by atoms with van der Waals surface area (Å²) >= 11 is 0. The maximum Gasteiger partial charge on any atom is 0.159 e. The molecule has 0 aliphatic carbocycles. The van der Waals surface area contributed by atoms with Gasteiger partial charge in [-0.1, -0.05) is 248 Å². The largest absolute Gasteiger partial charge is 0.455 e. The predicted octanol–water partition coefficient (Wildman–Crippen LogP) is 22.6. The number of hydrogen-bond acceptors (Lipinski definition) is 5. The summed E-state index contributed by atoms with van der Waals surface area (Å²) in [7, 11) is 0. The van der Waals surface area contributed by atoms with Crippen LogP contribution >= 0.6 is 0 Å². The monoisotopic (exact) mass is 1050 g/mol. The van der Waals surface area contributed by atoms with Crippen LogP contribution in [0.2, 0.25) is 0 Å². The average molecular weight is 1050 g/mol. The minimum Gasteiger partial charge on any atom is -0.455 e. The lowest BCUT2D eigenvalue weighted by molar-refractivity contribution is 0.572. The summed E-state index contributed by atoms with van der Waals surface area (Å²) in [6.07, 6.45) is 0. The fourth-order valence-corrected chi connectivity index (χ4v) is 12.7. The zero-order valence-corrected chi connectivity index (χ0v) is 46.2. The maximum atomic E-state index is 7.39. The van der Waals surface area contributed by atoms with Gasteiger partial charge in [0.05, 0.1) is 34.1 Å².